The number of carboxylic acid groups (broad SMARTS) is 2. The molecule has 0 aliphatic heterocycles. The number of nitrogens with one attached hydrogen (secondary N) is 2. The molecule has 0 bridgehead atoms. The SMILES string of the molecule is Cc1cc(NCCNc2cc(-c3cccc(Cl)c3Cl)nc(N)n2)c(C(=O)O)cc1C(=O)O. The van der Waals surface area contributed by atoms with Gasteiger partial charge in [-0.05, 0) is 30.7 Å². The summed E-state index contributed by atoms with van der Waals surface area (Å²) in [6.45, 7) is 2.28. The number of rotatable bonds is 8. The minimum atomic E-state index is -1.23. The summed E-state index contributed by atoms with van der Waals surface area (Å²) in [5.41, 5.74) is 7.50. The Morgan fingerprint density at radius 3 is 2.38 bits per heavy atom. The number of hydrogen-bond donors (Lipinski definition) is 5. The van der Waals surface area contributed by atoms with E-state index in [9.17, 15) is 19.8 Å². The first-order chi connectivity index (χ1) is 15.2. The molecule has 0 atom stereocenters. The first kappa shape index (κ1) is 23.1. The number of nitrogens with two attached hydrogens (primary N) is 1. The lowest BCUT2D eigenvalue weighted by molar-refractivity contribution is 0.0695. The van der Waals surface area contributed by atoms with Crippen molar-refractivity contribution in [1.29, 1.82) is 0 Å². The summed E-state index contributed by atoms with van der Waals surface area (Å²) in [7, 11) is 0. The van der Waals surface area contributed by atoms with E-state index in [4.69, 9.17) is 28.9 Å². The Hall–Kier alpha value is -3.56. The number of aryl methyl sites for hydroxylation is 1. The second-order valence-electron chi connectivity index (χ2n) is 6.77. The monoisotopic (exact) mass is 475 g/mol. The molecule has 0 unspecified atom stereocenters. The maximum Gasteiger partial charge on any atom is 0.337 e. The zero-order valence-corrected chi connectivity index (χ0v) is 18.3. The van der Waals surface area contributed by atoms with Gasteiger partial charge in [0.1, 0.15) is 5.82 Å². The largest absolute Gasteiger partial charge is 0.478 e. The van der Waals surface area contributed by atoms with E-state index in [1.54, 1.807) is 31.2 Å². The van der Waals surface area contributed by atoms with Crippen LogP contribution >= 0.6 is 23.2 Å². The Kier molecular flexibility index (Phi) is 7.01. The maximum atomic E-state index is 11.5. The maximum absolute atomic E-state index is 11.5. The van der Waals surface area contributed by atoms with Crippen LogP contribution in [0.15, 0.2) is 36.4 Å². The Balaban J connectivity index is 1.72. The van der Waals surface area contributed by atoms with Gasteiger partial charge in [0.25, 0.3) is 0 Å². The Morgan fingerprint density at radius 2 is 1.69 bits per heavy atom. The van der Waals surface area contributed by atoms with E-state index in [-0.39, 0.29) is 17.1 Å². The minimum absolute atomic E-state index is 0.0436. The van der Waals surface area contributed by atoms with Gasteiger partial charge in [-0.2, -0.15) is 4.98 Å². The highest BCUT2D eigenvalue weighted by Gasteiger charge is 2.17. The Morgan fingerprint density at radius 1 is 1.00 bits per heavy atom. The van der Waals surface area contributed by atoms with E-state index in [0.29, 0.717) is 51.5 Å². The lowest BCUT2D eigenvalue weighted by Crippen LogP contribution is -2.17. The van der Waals surface area contributed by atoms with Crippen LogP contribution in [0.2, 0.25) is 10.0 Å². The zero-order chi connectivity index (χ0) is 23.4. The molecule has 0 fully saturated rings. The number of carboxylic acids is 2. The predicted molar refractivity (Wildman–Crippen MR) is 124 cm³/mol. The lowest BCUT2D eigenvalue weighted by atomic mass is 10.0. The van der Waals surface area contributed by atoms with Crippen molar-refractivity contribution in [3.63, 3.8) is 0 Å². The molecule has 3 rings (SSSR count). The van der Waals surface area contributed by atoms with Gasteiger partial charge in [-0.1, -0.05) is 35.3 Å². The molecule has 0 amide bonds. The standard InChI is InChI=1S/C21H19Cl2N5O4/c1-10-7-15(13(20(31)32)8-12(10)19(29)30)25-5-6-26-17-9-16(27-21(24)28-17)11-3-2-4-14(22)18(11)23/h2-4,7-9,25H,5-6H2,1H3,(H,29,30)(H,31,32)(H3,24,26,27,28). The van der Waals surface area contributed by atoms with Gasteiger partial charge in [0.2, 0.25) is 5.95 Å². The number of carbonyl (C=O) groups is 2. The summed E-state index contributed by atoms with van der Waals surface area (Å²) in [6.07, 6.45) is 0. The van der Waals surface area contributed by atoms with Gasteiger partial charge in [-0.3, -0.25) is 0 Å². The topological polar surface area (TPSA) is 150 Å². The fraction of sp³-hybridized carbons (Fsp3) is 0.143. The Labute approximate surface area is 193 Å². The van der Waals surface area contributed by atoms with Crippen molar-refractivity contribution < 1.29 is 19.8 Å². The summed E-state index contributed by atoms with van der Waals surface area (Å²) >= 11 is 12.3. The molecule has 0 radical (unpaired) electrons. The van der Waals surface area contributed by atoms with E-state index in [2.05, 4.69) is 20.6 Å². The van der Waals surface area contributed by atoms with Crippen LogP contribution < -0.4 is 16.4 Å². The van der Waals surface area contributed by atoms with Gasteiger partial charge < -0.3 is 26.6 Å². The molecule has 6 N–H and O–H groups in total. The van der Waals surface area contributed by atoms with Crippen molar-refractivity contribution in [2.24, 2.45) is 0 Å². The minimum Gasteiger partial charge on any atom is -0.478 e. The number of anilines is 3. The van der Waals surface area contributed by atoms with E-state index in [0.717, 1.165) is 6.07 Å². The normalized spacial score (nSPS) is 10.6. The van der Waals surface area contributed by atoms with Crippen LogP contribution in [0.25, 0.3) is 11.3 Å². The van der Waals surface area contributed by atoms with Crippen molar-refractivity contribution in [2.75, 3.05) is 29.5 Å². The van der Waals surface area contributed by atoms with Gasteiger partial charge in [0.15, 0.2) is 0 Å². The van der Waals surface area contributed by atoms with Gasteiger partial charge in [-0.15, -0.1) is 0 Å². The van der Waals surface area contributed by atoms with Gasteiger partial charge >= 0.3 is 11.9 Å². The van der Waals surface area contributed by atoms with Crippen LogP contribution in [0.3, 0.4) is 0 Å². The summed E-state index contributed by atoms with van der Waals surface area (Å²) in [4.78, 5) is 31.1. The first-order valence-electron chi connectivity index (χ1n) is 9.35. The number of nitrogens with zero attached hydrogens (tertiary/aromatic N) is 2. The van der Waals surface area contributed by atoms with Crippen molar-refractivity contribution in [3.8, 4) is 11.3 Å². The van der Waals surface area contributed by atoms with Crippen molar-refractivity contribution in [1.82, 2.24) is 9.97 Å². The molecule has 9 nitrogen and oxygen atoms in total. The molecule has 166 valence electrons. The van der Waals surface area contributed by atoms with E-state index in [1.807, 2.05) is 0 Å². The third-order valence-electron chi connectivity index (χ3n) is 4.54. The van der Waals surface area contributed by atoms with Crippen LogP contribution in [-0.2, 0) is 0 Å². The third-order valence-corrected chi connectivity index (χ3v) is 5.36. The lowest BCUT2D eigenvalue weighted by Gasteiger charge is -2.14. The highest BCUT2D eigenvalue weighted by Crippen LogP contribution is 2.33. The number of benzene rings is 2. The van der Waals surface area contributed by atoms with Crippen LogP contribution in [0.5, 0.6) is 0 Å². The van der Waals surface area contributed by atoms with Gasteiger partial charge in [0.05, 0.1) is 26.9 Å². The molecule has 0 aliphatic rings. The molecule has 0 saturated heterocycles. The average molecular weight is 476 g/mol. The van der Waals surface area contributed by atoms with Gasteiger partial charge in [-0.25, -0.2) is 14.6 Å². The quantitative estimate of drug-likeness (QED) is 0.301. The predicted octanol–water partition coefficient (Wildman–Crippen LogP) is 4.26. The van der Waals surface area contributed by atoms with Gasteiger partial charge in [0, 0.05) is 30.4 Å². The number of halogens is 2. The highest BCUT2D eigenvalue weighted by molar-refractivity contribution is 6.43. The zero-order valence-electron chi connectivity index (χ0n) is 16.8. The average Bonchev–Trinajstić information content (AvgIpc) is 2.72. The first-order valence-corrected chi connectivity index (χ1v) is 10.1. The molecule has 32 heavy (non-hydrogen) atoms. The summed E-state index contributed by atoms with van der Waals surface area (Å²) in [5.74, 6) is -1.92. The third kappa shape index (κ3) is 5.19. The fourth-order valence-electron chi connectivity index (χ4n) is 3.05. The van der Waals surface area contributed by atoms with E-state index >= 15 is 0 Å². The van der Waals surface area contributed by atoms with E-state index < -0.39 is 11.9 Å². The fourth-order valence-corrected chi connectivity index (χ4v) is 3.44. The molecule has 1 aromatic heterocycles. The summed E-state index contributed by atoms with van der Waals surface area (Å²) < 4.78 is 0. The van der Waals surface area contributed by atoms with Crippen LogP contribution in [0.4, 0.5) is 17.5 Å². The molecule has 0 spiro atoms. The Bertz CT molecular complexity index is 1200. The summed E-state index contributed by atoms with van der Waals surface area (Å²) in [6, 6.07) is 9.48. The highest BCUT2D eigenvalue weighted by atomic mass is 35.5. The van der Waals surface area contributed by atoms with E-state index in [1.165, 1.54) is 6.07 Å². The molecule has 11 heteroatoms. The molecule has 2 aromatic carbocycles. The molecule has 3 aromatic rings. The van der Waals surface area contributed by atoms with Crippen LogP contribution in [-0.4, -0.2) is 45.2 Å². The number of aromatic carboxylic acids is 2. The molecular weight excluding hydrogens is 457 g/mol. The smallest absolute Gasteiger partial charge is 0.337 e. The van der Waals surface area contributed by atoms with Crippen molar-refractivity contribution in [3.05, 3.63) is 63.1 Å². The molecule has 1 heterocycles. The summed E-state index contributed by atoms with van der Waals surface area (Å²) in [5, 5.41) is 25.4. The molecule has 0 saturated carbocycles. The molecule has 0 aliphatic carbocycles. The van der Waals surface area contributed by atoms with Crippen LogP contribution in [0, 0.1) is 6.92 Å². The van der Waals surface area contributed by atoms with Crippen molar-refractivity contribution >= 4 is 52.6 Å². The number of aromatic nitrogens is 2. The second-order valence-corrected chi connectivity index (χ2v) is 7.56. The number of hydrogen-bond acceptors (Lipinski definition) is 7. The van der Waals surface area contributed by atoms with Crippen molar-refractivity contribution in [2.45, 2.75) is 6.92 Å². The number of nitrogen functional groups attached to an aromatic ring is 1. The van der Waals surface area contributed by atoms with Crippen LogP contribution in [0.1, 0.15) is 26.3 Å². The molecular formula is C21H19Cl2N5O4. The second kappa shape index (κ2) is 9.71.